The predicted molar refractivity (Wildman–Crippen MR) is 125 cm³/mol. The van der Waals surface area contributed by atoms with E-state index in [1.54, 1.807) is 12.1 Å². The normalized spacial score (nSPS) is 17.2. The number of aromatic nitrogens is 2. The van der Waals surface area contributed by atoms with Crippen molar-refractivity contribution in [1.29, 1.82) is 0 Å². The lowest BCUT2D eigenvalue weighted by Crippen LogP contribution is -2.44. The molecule has 9 nitrogen and oxygen atoms in total. The molecule has 0 spiro atoms. The number of hydrogen-bond acceptors (Lipinski definition) is 9. The zero-order valence-corrected chi connectivity index (χ0v) is 20.9. The van der Waals surface area contributed by atoms with Crippen LogP contribution in [0.1, 0.15) is 18.4 Å². The summed E-state index contributed by atoms with van der Waals surface area (Å²) >= 11 is 14.2. The van der Waals surface area contributed by atoms with Gasteiger partial charge in [0.05, 0.1) is 34.6 Å². The zero-order valence-electron chi connectivity index (χ0n) is 16.9. The lowest BCUT2D eigenvalue weighted by atomic mass is 9.99. The summed E-state index contributed by atoms with van der Waals surface area (Å²) in [5.74, 6) is -1.36. The summed E-state index contributed by atoms with van der Waals surface area (Å²) in [4.78, 5) is 23.9. The summed E-state index contributed by atoms with van der Waals surface area (Å²) in [6.07, 6.45) is 1.13. The van der Waals surface area contributed by atoms with Crippen molar-refractivity contribution in [3.8, 4) is 0 Å². The highest BCUT2D eigenvalue weighted by Gasteiger charge is 2.33. The molecule has 2 aromatic rings. The number of nitrogens with one attached hydrogen (secondary N) is 1. The second-order valence-corrected chi connectivity index (χ2v) is 11.9. The van der Waals surface area contributed by atoms with Gasteiger partial charge < -0.3 is 10.1 Å². The molecule has 1 fully saturated rings. The summed E-state index contributed by atoms with van der Waals surface area (Å²) in [5.41, 5.74) is 0.525. The highest BCUT2D eigenvalue weighted by Crippen LogP contribution is 2.28. The van der Waals surface area contributed by atoms with Crippen LogP contribution in [0.5, 0.6) is 0 Å². The van der Waals surface area contributed by atoms with Crippen molar-refractivity contribution in [2.24, 2.45) is 5.92 Å². The van der Waals surface area contributed by atoms with Crippen molar-refractivity contribution in [3.63, 3.8) is 0 Å². The minimum atomic E-state index is -3.64. The molecule has 0 radical (unpaired) electrons. The molecule has 1 atom stereocenters. The maximum absolute atomic E-state index is 12.9. The van der Waals surface area contributed by atoms with E-state index in [2.05, 4.69) is 20.3 Å². The number of ether oxygens (including phenoxy) is 1. The molecule has 0 unspecified atom stereocenters. The molecule has 1 aromatic carbocycles. The fourth-order valence-corrected chi connectivity index (χ4v) is 6.55. The van der Waals surface area contributed by atoms with Gasteiger partial charge in [-0.05, 0) is 30.5 Å². The Kier molecular flexibility index (Phi) is 8.75. The molecule has 0 aliphatic carbocycles. The molecule has 0 bridgehead atoms. The molecule has 14 heteroatoms. The van der Waals surface area contributed by atoms with Crippen LogP contribution in [0.4, 0.5) is 5.13 Å². The number of carbonyl (C=O) groups excluding carboxylic acids is 2. The van der Waals surface area contributed by atoms with Crippen molar-refractivity contribution in [2.45, 2.75) is 22.9 Å². The van der Waals surface area contributed by atoms with Crippen LogP contribution in [0.15, 0.2) is 22.5 Å². The number of carbonyl (C=O) groups is 2. The van der Waals surface area contributed by atoms with Gasteiger partial charge in [0.2, 0.25) is 21.1 Å². The molecule has 0 saturated carbocycles. The monoisotopic (exact) mass is 538 g/mol. The minimum Gasteiger partial charge on any atom is -0.468 e. The van der Waals surface area contributed by atoms with Gasteiger partial charge in [-0.25, -0.2) is 12.7 Å². The van der Waals surface area contributed by atoms with E-state index in [1.165, 1.54) is 17.5 Å². The molecule has 1 aromatic heterocycles. The number of esters is 1. The van der Waals surface area contributed by atoms with Gasteiger partial charge in [-0.1, -0.05) is 52.4 Å². The number of amides is 1. The van der Waals surface area contributed by atoms with E-state index >= 15 is 0 Å². The molecular formula is C18H20Cl2N4O5S3. The molecule has 1 aliphatic rings. The predicted octanol–water partition coefficient (Wildman–Crippen LogP) is 3.29. The zero-order chi connectivity index (χ0) is 23.3. The third-order valence-electron chi connectivity index (χ3n) is 4.66. The molecule has 1 aliphatic heterocycles. The van der Waals surface area contributed by atoms with Gasteiger partial charge in [-0.2, -0.15) is 0 Å². The number of halogens is 2. The van der Waals surface area contributed by atoms with Crippen molar-refractivity contribution >= 4 is 73.3 Å². The Morgan fingerprint density at radius 3 is 2.81 bits per heavy atom. The highest BCUT2D eigenvalue weighted by molar-refractivity contribution is 8.01. The van der Waals surface area contributed by atoms with E-state index in [1.807, 2.05) is 0 Å². The van der Waals surface area contributed by atoms with E-state index in [-0.39, 0.29) is 40.1 Å². The maximum atomic E-state index is 12.9. The summed E-state index contributed by atoms with van der Waals surface area (Å²) in [6.45, 7) is 0.429. The quantitative estimate of drug-likeness (QED) is 0.309. The number of piperidine rings is 1. The summed E-state index contributed by atoms with van der Waals surface area (Å²) in [7, 11) is -2.34. The number of rotatable bonds is 8. The lowest BCUT2D eigenvalue weighted by Gasteiger charge is -2.31. The first-order valence-electron chi connectivity index (χ1n) is 9.43. The number of thioether (sulfide) groups is 1. The van der Waals surface area contributed by atoms with Crippen molar-refractivity contribution < 1.29 is 22.7 Å². The molecular weight excluding hydrogens is 519 g/mol. The topological polar surface area (TPSA) is 119 Å². The van der Waals surface area contributed by atoms with Crippen molar-refractivity contribution in [1.82, 2.24) is 14.5 Å². The Hall–Kier alpha value is -1.44. The molecule has 32 heavy (non-hydrogen) atoms. The van der Waals surface area contributed by atoms with Crippen LogP contribution in [0, 0.1) is 5.92 Å². The number of sulfonamides is 1. The van der Waals surface area contributed by atoms with Gasteiger partial charge in [-0.3, -0.25) is 9.59 Å². The number of hydrogen-bond donors (Lipinski definition) is 1. The van der Waals surface area contributed by atoms with Gasteiger partial charge in [0.15, 0.2) is 4.34 Å². The van der Waals surface area contributed by atoms with Crippen LogP contribution in [0.2, 0.25) is 10.0 Å². The highest BCUT2D eigenvalue weighted by atomic mass is 35.5. The first kappa shape index (κ1) is 25.2. The van der Waals surface area contributed by atoms with E-state index < -0.39 is 15.9 Å². The van der Waals surface area contributed by atoms with Gasteiger partial charge in [-0.15, -0.1) is 10.2 Å². The second-order valence-electron chi connectivity index (χ2n) is 6.93. The van der Waals surface area contributed by atoms with Crippen molar-refractivity contribution in [3.05, 3.63) is 33.8 Å². The Labute approximate surface area is 203 Å². The van der Waals surface area contributed by atoms with Crippen LogP contribution in [0.3, 0.4) is 0 Å². The third-order valence-corrected chi connectivity index (χ3v) is 9.16. The third kappa shape index (κ3) is 6.78. The first-order valence-corrected chi connectivity index (χ1v) is 13.6. The summed E-state index contributed by atoms with van der Waals surface area (Å²) in [6, 6.07) is 4.70. The fourth-order valence-electron chi connectivity index (χ4n) is 3.05. The van der Waals surface area contributed by atoms with Crippen LogP contribution < -0.4 is 5.32 Å². The van der Waals surface area contributed by atoms with E-state index in [0.29, 0.717) is 34.3 Å². The van der Waals surface area contributed by atoms with Crippen LogP contribution >= 0.6 is 46.3 Å². The number of nitrogens with zero attached hydrogens (tertiary/aromatic N) is 3. The molecule has 1 N–H and O–H groups in total. The Morgan fingerprint density at radius 2 is 2.09 bits per heavy atom. The van der Waals surface area contributed by atoms with Crippen molar-refractivity contribution in [2.75, 3.05) is 31.3 Å². The lowest BCUT2D eigenvalue weighted by molar-refractivity contribution is -0.137. The largest absolute Gasteiger partial charge is 0.468 e. The van der Waals surface area contributed by atoms with E-state index in [4.69, 9.17) is 23.2 Å². The van der Waals surface area contributed by atoms with Crippen LogP contribution in [-0.4, -0.2) is 60.7 Å². The van der Waals surface area contributed by atoms with Gasteiger partial charge in [0, 0.05) is 13.1 Å². The minimum absolute atomic E-state index is 0.0816. The Morgan fingerprint density at radius 1 is 1.31 bits per heavy atom. The maximum Gasteiger partial charge on any atom is 0.316 e. The van der Waals surface area contributed by atoms with E-state index in [0.717, 1.165) is 23.1 Å². The molecule has 2 heterocycles. The standard InChI is InChI=1S/C18H20Cl2N4O5S3/c1-29-15(25)9-30-18-23-22-17(31-18)21-16(26)12-3-2-6-24(8-12)32(27,28)10-11-4-5-13(19)14(20)7-11/h4-5,7,12H,2-3,6,8-10H2,1H3,(H,21,22,26)/t12-/m0/s1. The second kappa shape index (κ2) is 11.1. The molecule has 174 valence electrons. The van der Waals surface area contributed by atoms with Crippen LogP contribution in [0.25, 0.3) is 0 Å². The fraction of sp³-hybridized carbons (Fsp3) is 0.444. The average Bonchev–Trinajstić information content (AvgIpc) is 3.21. The van der Waals surface area contributed by atoms with Gasteiger partial charge >= 0.3 is 5.97 Å². The Balaban J connectivity index is 1.58. The van der Waals surface area contributed by atoms with E-state index in [9.17, 15) is 18.0 Å². The number of benzene rings is 1. The molecule has 1 amide bonds. The number of methoxy groups -OCH3 is 1. The SMILES string of the molecule is COC(=O)CSc1nnc(NC(=O)[C@H]2CCCN(S(=O)(=O)Cc3ccc(Cl)c(Cl)c3)C2)s1. The summed E-state index contributed by atoms with van der Waals surface area (Å²) < 4.78 is 32.2. The van der Waals surface area contributed by atoms with Gasteiger partial charge in [0.25, 0.3) is 0 Å². The summed E-state index contributed by atoms with van der Waals surface area (Å²) in [5, 5.41) is 11.4. The number of anilines is 1. The smallest absolute Gasteiger partial charge is 0.316 e. The average molecular weight is 539 g/mol. The molecule has 1 saturated heterocycles. The molecule has 3 rings (SSSR count). The van der Waals surface area contributed by atoms with Crippen LogP contribution in [-0.2, 0) is 30.1 Å². The van der Waals surface area contributed by atoms with Gasteiger partial charge in [0.1, 0.15) is 0 Å². The Bertz CT molecular complexity index is 1100. The first-order chi connectivity index (χ1) is 15.2.